The number of nitrogens with two attached hydrogens (primary N) is 1. The van der Waals surface area contributed by atoms with Gasteiger partial charge in [-0.25, -0.2) is 4.98 Å². The molecule has 4 N–H and O–H groups in total. The Kier molecular flexibility index (Phi) is 4.34. The van der Waals surface area contributed by atoms with Crippen LogP contribution in [0.25, 0.3) is 11.2 Å². The van der Waals surface area contributed by atoms with Crippen molar-refractivity contribution in [2.24, 2.45) is 0 Å². The summed E-state index contributed by atoms with van der Waals surface area (Å²) < 4.78 is 7.16. The molecule has 1 aliphatic heterocycles. The van der Waals surface area contributed by atoms with Crippen molar-refractivity contribution in [3.8, 4) is 0 Å². The van der Waals surface area contributed by atoms with E-state index in [0.29, 0.717) is 11.9 Å². The molecule has 1 fully saturated rings. The number of hydrogen-bond acceptors (Lipinski definition) is 6. The molecule has 0 aliphatic carbocycles. The average molecular weight is 339 g/mol. The summed E-state index contributed by atoms with van der Waals surface area (Å²) in [6.45, 7) is -0.0787. The van der Waals surface area contributed by atoms with Crippen LogP contribution in [-0.4, -0.2) is 37.3 Å². The van der Waals surface area contributed by atoms with E-state index in [1.165, 1.54) is 6.33 Å². The number of imidazole rings is 1. The van der Waals surface area contributed by atoms with E-state index in [1.807, 2.05) is 6.42 Å². The fourth-order valence-corrected chi connectivity index (χ4v) is 2.07. The predicted molar refractivity (Wildman–Crippen MR) is 62.5 cm³/mol. The van der Waals surface area contributed by atoms with Gasteiger partial charge >= 0.3 is 0 Å². The van der Waals surface area contributed by atoms with Gasteiger partial charge in [0.05, 0.1) is 6.33 Å². The van der Waals surface area contributed by atoms with Crippen molar-refractivity contribution in [2.75, 3.05) is 12.3 Å². The third kappa shape index (κ3) is 2.58. The molecule has 1 radical (unpaired) electrons. The molecule has 19 heavy (non-hydrogen) atoms. The molecule has 2 aromatic rings. The van der Waals surface area contributed by atoms with E-state index in [4.69, 9.17) is 15.6 Å². The Labute approximate surface area is 133 Å². The number of aromatic nitrogens is 4. The van der Waals surface area contributed by atoms with Crippen LogP contribution in [0.4, 0.5) is 5.95 Å². The van der Waals surface area contributed by atoms with E-state index >= 15 is 0 Å². The molecule has 0 bridgehead atoms. The quantitative estimate of drug-likeness (QED) is 0.616. The van der Waals surface area contributed by atoms with Crippen molar-refractivity contribution in [1.82, 2.24) is 19.5 Å². The third-order valence-electron chi connectivity index (χ3n) is 2.88. The van der Waals surface area contributed by atoms with Gasteiger partial charge in [-0.1, -0.05) is 0 Å². The first-order valence-electron chi connectivity index (χ1n) is 5.51. The largest absolute Gasteiger partial charge is 0.397 e. The normalized spacial score (nSPS) is 22.6. The predicted octanol–water partition coefficient (Wildman–Crippen LogP) is -0.817. The van der Waals surface area contributed by atoms with E-state index in [-0.39, 0.29) is 68.8 Å². The minimum absolute atomic E-state index is 0. The zero-order valence-electron chi connectivity index (χ0n) is 9.98. The number of fused-ring (bicyclic) bond motifs is 1. The summed E-state index contributed by atoms with van der Waals surface area (Å²) in [5.41, 5.74) is 5.69. The molecule has 2 aromatic heterocycles. The average Bonchev–Trinajstić information content (AvgIpc) is 2.93. The Balaban J connectivity index is 0.00000133. The first-order chi connectivity index (χ1) is 8.69. The Morgan fingerprint density at radius 3 is 3.16 bits per heavy atom. The van der Waals surface area contributed by atoms with Gasteiger partial charge in [-0.05, 0) is 6.10 Å². The molecule has 9 heteroatoms. The molecule has 3 rings (SSSR count). The van der Waals surface area contributed by atoms with Gasteiger partial charge < -0.3 is 20.1 Å². The number of hydrogen-bond donors (Lipinski definition) is 3. The van der Waals surface area contributed by atoms with Gasteiger partial charge in [0.1, 0.15) is 6.23 Å². The van der Waals surface area contributed by atoms with Gasteiger partial charge in [-0.3, -0.25) is 16.2 Å². The zero-order chi connectivity index (χ0) is 12.7. The summed E-state index contributed by atoms with van der Waals surface area (Å²) in [6, 6.07) is 0. The standard InChI is InChI=1S/C10H12N5O3.Y/c11-10-13-8-7(9(17)14-10)15(4-12-8)6-2-1-5(3-16)18-6;/h1,4-6,16H,2-3H2,(H3,11,13,14,17);/q-1;/t5-,6+;/m0./s1. The Morgan fingerprint density at radius 1 is 1.68 bits per heavy atom. The van der Waals surface area contributed by atoms with Gasteiger partial charge in [0.25, 0.3) is 5.56 Å². The van der Waals surface area contributed by atoms with Gasteiger partial charge in [0.2, 0.25) is 5.95 Å². The number of nitrogen functional groups attached to an aromatic ring is 1. The van der Waals surface area contributed by atoms with Gasteiger partial charge in [-0.2, -0.15) is 4.98 Å². The summed E-state index contributed by atoms with van der Waals surface area (Å²) in [5, 5.41) is 9.01. The summed E-state index contributed by atoms with van der Waals surface area (Å²) >= 11 is 0. The molecule has 0 amide bonds. The van der Waals surface area contributed by atoms with Crippen molar-refractivity contribution in [3.63, 3.8) is 0 Å². The Bertz CT molecular complexity index is 640. The van der Waals surface area contributed by atoms with Crippen LogP contribution in [0.5, 0.6) is 0 Å². The van der Waals surface area contributed by atoms with Crippen molar-refractivity contribution in [1.29, 1.82) is 0 Å². The summed E-state index contributed by atoms with van der Waals surface area (Å²) in [7, 11) is 0. The number of H-pyrrole nitrogens is 1. The molecule has 2 atom stereocenters. The first kappa shape index (κ1) is 14.6. The van der Waals surface area contributed by atoms with Crippen LogP contribution in [0, 0.1) is 6.42 Å². The molecule has 0 spiro atoms. The van der Waals surface area contributed by atoms with E-state index in [0.717, 1.165) is 0 Å². The van der Waals surface area contributed by atoms with Gasteiger partial charge in [0, 0.05) is 39.3 Å². The minimum atomic E-state index is -0.356. The van der Waals surface area contributed by atoms with Crippen molar-refractivity contribution in [3.05, 3.63) is 23.1 Å². The first-order valence-corrected chi connectivity index (χ1v) is 5.51. The monoisotopic (exact) mass is 339 g/mol. The van der Waals surface area contributed by atoms with E-state index < -0.39 is 0 Å². The second kappa shape index (κ2) is 5.66. The van der Waals surface area contributed by atoms with Crippen LogP contribution in [0.3, 0.4) is 0 Å². The molecule has 1 aliphatic rings. The summed E-state index contributed by atoms with van der Waals surface area (Å²) in [5.74, 6) is 0.0323. The Morgan fingerprint density at radius 2 is 2.47 bits per heavy atom. The molecule has 1 saturated heterocycles. The molecular formula is C10H12N5O3Y-. The van der Waals surface area contributed by atoms with Crippen LogP contribution in [0.2, 0.25) is 0 Å². The maximum atomic E-state index is 11.8. The maximum absolute atomic E-state index is 11.8. The molecular weight excluding hydrogens is 327 g/mol. The van der Waals surface area contributed by atoms with Crippen molar-refractivity contribution >= 4 is 17.1 Å². The van der Waals surface area contributed by atoms with E-state index in [2.05, 4.69) is 15.0 Å². The van der Waals surface area contributed by atoms with Crippen LogP contribution in [-0.2, 0) is 37.4 Å². The van der Waals surface area contributed by atoms with Crippen molar-refractivity contribution in [2.45, 2.75) is 18.8 Å². The smallest absolute Gasteiger partial charge is 0.278 e. The number of nitrogens with zero attached hydrogens (tertiary/aromatic N) is 3. The maximum Gasteiger partial charge on any atom is 0.278 e. The fraction of sp³-hybridized carbons (Fsp3) is 0.400. The molecule has 3 heterocycles. The van der Waals surface area contributed by atoms with E-state index in [9.17, 15) is 4.79 Å². The molecule has 8 nitrogen and oxygen atoms in total. The number of rotatable bonds is 2. The second-order valence-electron chi connectivity index (χ2n) is 4.06. The Hall–Kier alpha value is -0.826. The number of aliphatic hydroxyl groups excluding tert-OH is 1. The molecule has 99 valence electrons. The van der Waals surface area contributed by atoms with E-state index in [1.54, 1.807) is 4.57 Å². The SMILES string of the molecule is Nc1nc2ncn([C@H]3C[CH-][C@@H](CO)O3)c2c(=O)[nH]1.[Y]. The molecule has 0 aromatic carbocycles. The van der Waals surface area contributed by atoms with Gasteiger partial charge in [0.15, 0.2) is 11.2 Å². The van der Waals surface area contributed by atoms with Crippen LogP contribution < -0.4 is 11.3 Å². The molecule has 0 saturated carbocycles. The van der Waals surface area contributed by atoms with Crippen molar-refractivity contribution < 1.29 is 42.6 Å². The number of ether oxygens (including phenoxy) is 1. The zero-order valence-corrected chi connectivity index (χ0v) is 12.8. The topological polar surface area (TPSA) is 119 Å². The number of aromatic amines is 1. The van der Waals surface area contributed by atoms with Crippen LogP contribution in [0.15, 0.2) is 11.1 Å². The second-order valence-corrected chi connectivity index (χ2v) is 4.06. The minimum Gasteiger partial charge on any atom is -0.397 e. The summed E-state index contributed by atoms with van der Waals surface area (Å²) in [6.07, 6.45) is 3.28. The van der Waals surface area contributed by atoms with Gasteiger partial charge in [-0.15, -0.1) is 6.42 Å². The van der Waals surface area contributed by atoms with Crippen LogP contribution in [0.1, 0.15) is 12.6 Å². The summed E-state index contributed by atoms with van der Waals surface area (Å²) in [4.78, 5) is 22.2. The fourth-order valence-electron chi connectivity index (χ4n) is 2.07. The molecule has 0 unspecified atom stereocenters. The van der Waals surface area contributed by atoms with Crippen LogP contribution >= 0.6 is 0 Å². The number of aliphatic hydroxyl groups is 1. The number of nitrogens with one attached hydrogen (secondary N) is 1. The number of anilines is 1. The third-order valence-corrected chi connectivity index (χ3v) is 2.88.